The van der Waals surface area contributed by atoms with Crippen molar-refractivity contribution in [1.29, 1.82) is 0 Å². The van der Waals surface area contributed by atoms with E-state index in [-0.39, 0.29) is 30.3 Å². The minimum absolute atomic E-state index is 0.0925. The number of methoxy groups -OCH3 is 1. The molecule has 2 aromatic rings. The van der Waals surface area contributed by atoms with Crippen LogP contribution < -0.4 is 16.3 Å². The monoisotopic (exact) mass is 360 g/mol. The number of nitrogens with zero attached hydrogens (tertiary/aromatic N) is 6. The molecule has 0 saturated carbocycles. The lowest BCUT2D eigenvalue weighted by Crippen LogP contribution is -2.40. The number of esters is 1. The van der Waals surface area contributed by atoms with Gasteiger partial charge in [-0.2, -0.15) is 10.1 Å². The molecule has 0 aliphatic carbocycles. The summed E-state index contributed by atoms with van der Waals surface area (Å²) < 4.78 is 8.81. The van der Waals surface area contributed by atoms with Crippen molar-refractivity contribution in [2.45, 2.75) is 26.4 Å². The Kier molecular flexibility index (Phi) is 4.26. The van der Waals surface area contributed by atoms with Crippen LogP contribution in [0.5, 0.6) is 0 Å². The van der Waals surface area contributed by atoms with Crippen LogP contribution in [0.3, 0.4) is 0 Å². The maximum Gasteiger partial charge on any atom is 0.332 e. The van der Waals surface area contributed by atoms with Crippen LogP contribution in [0.25, 0.3) is 11.2 Å². The largest absolute Gasteiger partial charge is 0.468 e. The molecule has 0 unspecified atom stereocenters. The second-order valence-corrected chi connectivity index (χ2v) is 6.05. The summed E-state index contributed by atoms with van der Waals surface area (Å²) in [5.41, 5.74) is 0.274. The molecular weight excluding hydrogens is 340 g/mol. The number of aromatic nitrogens is 4. The number of aryl methyl sites for hydroxylation is 1. The Morgan fingerprint density at radius 3 is 2.69 bits per heavy atom. The van der Waals surface area contributed by atoms with Gasteiger partial charge in [0.25, 0.3) is 5.56 Å². The van der Waals surface area contributed by atoms with Crippen LogP contribution in [0.1, 0.15) is 19.9 Å². The predicted molar refractivity (Wildman–Crippen MR) is 96.6 cm³/mol. The summed E-state index contributed by atoms with van der Waals surface area (Å²) in [4.78, 5) is 41.6. The van der Waals surface area contributed by atoms with Gasteiger partial charge in [-0.3, -0.25) is 23.3 Å². The number of anilines is 1. The molecule has 1 aliphatic rings. The Bertz CT molecular complexity index is 1060. The van der Waals surface area contributed by atoms with Gasteiger partial charge >= 0.3 is 11.7 Å². The van der Waals surface area contributed by atoms with Crippen LogP contribution in [0.15, 0.2) is 27.3 Å². The number of fused-ring (bicyclic) bond motifs is 3. The number of hydrogen-bond donors (Lipinski definition) is 0. The van der Waals surface area contributed by atoms with Gasteiger partial charge < -0.3 is 4.74 Å². The standard InChI is InChI=1S/C16H20N6O4/c1-6-7-20-14(24)12-13(19(4)16(20)25)17-15-21(8-11(23)26-5)18-9(2)10(3)22(12)15/h6,10H,1,7-8H2,2-5H3/t10-/m1/s1. The third kappa shape index (κ3) is 2.45. The van der Waals surface area contributed by atoms with Crippen molar-refractivity contribution in [2.75, 3.05) is 18.7 Å². The second-order valence-electron chi connectivity index (χ2n) is 6.05. The third-order valence-electron chi connectivity index (χ3n) is 4.48. The molecule has 1 atom stereocenters. The van der Waals surface area contributed by atoms with E-state index in [2.05, 4.69) is 16.7 Å². The fraction of sp³-hybridized carbons (Fsp3) is 0.438. The molecule has 3 rings (SSSR count). The highest BCUT2D eigenvalue weighted by atomic mass is 16.5. The van der Waals surface area contributed by atoms with Crippen molar-refractivity contribution in [1.82, 2.24) is 18.7 Å². The fourth-order valence-electron chi connectivity index (χ4n) is 2.97. The maximum atomic E-state index is 13.0. The summed E-state index contributed by atoms with van der Waals surface area (Å²) in [6.45, 7) is 7.21. The first-order valence-corrected chi connectivity index (χ1v) is 8.03. The number of ether oxygens (including phenoxy) is 1. The van der Waals surface area contributed by atoms with Gasteiger partial charge in [0, 0.05) is 13.6 Å². The SMILES string of the molecule is C=CCn1c(=O)c2c(nc3n2[C@H](C)C(C)=NN3CC(=O)OC)n(C)c1=O. The third-order valence-corrected chi connectivity index (χ3v) is 4.48. The number of hydrazone groups is 1. The van der Waals surface area contributed by atoms with E-state index in [9.17, 15) is 14.4 Å². The fourth-order valence-corrected chi connectivity index (χ4v) is 2.97. The molecular formula is C16H20N6O4. The highest BCUT2D eigenvalue weighted by Crippen LogP contribution is 2.29. The lowest BCUT2D eigenvalue weighted by atomic mass is 10.2. The van der Waals surface area contributed by atoms with Crippen LogP contribution in [0, 0.1) is 0 Å². The Hall–Kier alpha value is -3.17. The lowest BCUT2D eigenvalue weighted by molar-refractivity contribution is -0.139. The quantitative estimate of drug-likeness (QED) is 0.562. The van der Waals surface area contributed by atoms with E-state index in [0.29, 0.717) is 11.7 Å². The molecule has 1 aliphatic heterocycles. The predicted octanol–water partition coefficient (Wildman–Crippen LogP) is 0.0126. The van der Waals surface area contributed by atoms with Gasteiger partial charge in [0.15, 0.2) is 11.2 Å². The zero-order valence-corrected chi connectivity index (χ0v) is 15.1. The van der Waals surface area contributed by atoms with Crippen LogP contribution in [-0.4, -0.2) is 44.0 Å². The van der Waals surface area contributed by atoms with Crippen molar-refractivity contribution in [3.63, 3.8) is 0 Å². The molecule has 3 heterocycles. The summed E-state index contributed by atoms with van der Waals surface area (Å²) >= 11 is 0. The average Bonchev–Trinajstić information content (AvgIpc) is 3.02. The zero-order chi connectivity index (χ0) is 19.2. The highest BCUT2D eigenvalue weighted by molar-refractivity contribution is 5.92. The van der Waals surface area contributed by atoms with E-state index in [1.807, 2.05) is 6.92 Å². The van der Waals surface area contributed by atoms with Gasteiger partial charge in [0.05, 0.1) is 18.9 Å². The van der Waals surface area contributed by atoms with Crippen molar-refractivity contribution < 1.29 is 9.53 Å². The summed E-state index contributed by atoms with van der Waals surface area (Å²) in [5.74, 6) is -0.181. The van der Waals surface area contributed by atoms with Crippen molar-refractivity contribution in [3.05, 3.63) is 33.5 Å². The Morgan fingerprint density at radius 1 is 1.38 bits per heavy atom. The Balaban J connectivity index is 2.36. The normalized spacial score (nSPS) is 16.4. The number of carbonyl (C=O) groups excluding carboxylic acids is 1. The molecule has 0 N–H and O–H groups in total. The molecule has 0 aromatic carbocycles. The smallest absolute Gasteiger partial charge is 0.332 e. The van der Waals surface area contributed by atoms with Crippen LogP contribution in [0.4, 0.5) is 5.95 Å². The zero-order valence-electron chi connectivity index (χ0n) is 15.1. The first-order valence-electron chi connectivity index (χ1n) is 8.03. The first kappa shape index (κ1) is 17.6. The van der Waals surface area contributed by atoms with Gasteiger partial charge in [-0.05, 0) is 13.8 Å². The lowest BCUT2D eigenvalue weighted by Gasteiger charge is -2.28. The Morgan fingerprint density at radius 2 is 2.08 bits per heavy atom. The van der Waals surface area contributed by atoms with Crippen LogP contribution in [-0.2, 0) is 23.1 Å². The molecule has 10 heteroatoms. The topological polar surface area (TPSA) is 104 Å². The van der Waals surface area contributed by atoms with E-state index in [1.54, 1.807) is 18.5 Å². The van der Waals surface area contributed by atoms with Crippen LogP contribution >= 0.6 is 0 Å². The molecule has 0 radical (unpaired) electrons. The number of carbonyl (C=O) groups is 1. The number of imidazole rings is 1. The molecule has 138 valence electrons. The summed E-state index contributed by atoms with van der Waals surface area (Å²) in [6, 6.07) is -0.258. The van der Waals surface area contributed by atoms with Gasteiger partial charge in [-0.1, -0.05) is 6.08 Å². The molecule has 2 aromatic heterocycles. The van der Waals surface area contributed by atoms with Gasteiger partial charge in [-0.25, -0.2) is 9.80 Å². The number of hydrogen-bond acceptors (Lipinski definition) is 7. The summed E-state index contributed by atoms with van der Waals surface area (Å²) in [7, 11) is 2.83. The number of allylic oxidation sites excluding steroid dienone is 1. The molecule has 10 nitrogen and oxygen atoms in total. The molecule has 0 fully saturated rings. The maximum absolute atomic E-state index is 13.0. The molecule has 0 spiro atoms. The van der Waals surface area contributed by atoms with Gasteiger partial charge in [0.2, 0.25) is 5.95 Å². The molecule has 0 bridgehead atoms. The minimum atomic E-state index is -0.493. The van der Waals surface area contributed by atoms with E-state index < -0.39 is 17.2 Å². The number of rotatable bonds is 4. The van der Waals surface area contributed by atoms with Crippen LogP contribution in [0.2, 0.25) is 0 Å². The van der Waals surface area contributed by atoms with E-state index in [0.717, 1.165) is 4.57 Å². The minimum Gasteiger partial charge on any atom is -0.468 e. The van der Waals surface area contributed by atoms with E-state index in [4.69, 9.17) is 4.74 Å². The van der Waals surface area contributed by atoms with Gasteiger partial charge in [-0.15, -0.1) is 6.58 Å². The molecule has 0 amide bonds. The average molecular weight is 360 g/mol. The summed E-state index contributed by atoms with van der Waals surface area (Å²) in [5, 5.41) is 5.76. The summed E-state index contributed by atoms with van der Waals surface area (Å²) in [6.07, 6.45) is 1.49. The van der Waals surface area contributed by atoms with Crippen molar-refractivity contribution >= 4 is 28.8 Å². The van der Waals surface area contributed by atoms with E-state index in [1.165, 1.54) is 22.8 Å². The highest BCUT2D eigenvalue weighted by Gasteiger charge is 2.31. The molecule has 0 saturated heterocycles. The molecule has 26 heavy (non-hydrogen) atoms. The van der Waals surface area contributed by atoms with Crippen molar-refractivity contribution in [2.24, 2.45) is 12.1 Å². The van der Waals surface area contributed by atoms with Crippen molar-refractivity contribution in [3.8, 4) is 0 Å². The van der Waals surface area contributed by atoms with Gasteiger partial charge in [0.1, 0.15) is 6.54 Å². The second kappa shape index (κ2) is 6.28. The Labute approximate surface area is 148 Å². The van der Waals surface area contributed by atoms with E-state index >= 15 is 0 Å². The first-order chi connectivity index (χ1) is 12.3.